The monoisotopic (exact) mass is 166 g/mol. The third kappa shape index (κ3) is 1.30. The van der Waals surface area contributed by atoms with Gasteiger partial charge in [0.1, 0.15) is 5.82 Å². The molecule has 12 heavy (non-hydrogen) atoms. The van der Waals surface area contributed by atoms with Gasteiger partial charge in [0.2, 0.25) is 0 Å². The van der Waals surface area contributed by atoms with Gasteiger partial charge in [0.15, 0.2) is 0 Å². The normalized spacial score (nSPS) is 23.5. The number of aromatic nitrogens is 2. The Hall–Kier alpha value is -1.03. The van der Waals surface area contributed by atoms with Crippen molar-refractivity contribution in [3.8, 4) is 0 Å². The summed E-state index contributed by atoms with van der Waals surface area (Å²) in [6.07, 6.45) is 4.92. The first-order valence-electron chi connectivity index (χ1n) is 4.24. The second kappa shape index (κ2) is 2.79. The van der Waals surface area contributed by atoms with Gasteiger partial charge in [-0.05, 0) is 6.42 Å². The first kappa shape index (κ1) is 7.61. The van der Waals surface area contributed by atoms with Crippen LogP contribution in [-0.4, -0.2) is 28.7 Å². The molecular weight excluding hydrogens is 152 g/mol. The summed E-state index contributed by atoms with van der Waals surface area (Å²) >= 11 is 0. The molecule has 1 saturated heterocycles. The quantitative estimate of drug-likeness (QED) is 0.636. The largest absolute Gasteiger partial charge is 0.354 e. The number of nitrogens with two attached hydrogens (primary N) is 1. The highest BCUT2D eigenvalue weighted by atomic mass is 15.2. The molecule has 2 rings (SSSR count). The number of hydrogen-bond donors (Lipinski definition) is 1. The molecular formula is C8H14N4. The first-order chi connectivity index (χ1) is 5.75. The Bertz CT molecular complexity index is 268. The zero-order valence-corrected chi connectivity index (χ0v) is 7.27. The van der Waals surface area contributed by atoms with Crippen LogP contribution in [0.4, 0.5) is 5.82 Å². The van der Waals surface area contributed by atoms with Gasteiger partial charge < -0.3 is 15.2 Å². The molecule has 0 spiro atoms. The Morgan fingerprint density at radius 1 is 1.67 bits per heavy atom. The smallest absolute Gasteiger partial charge is 0.146 e. The van der Waals surface area contributed by atoms with E-state index in [0.717, 1.165) is 25.3 Å². The standard InChI is InChI=1S/C8H14N4/c1-11-5-8(10-6-11)12-3-2-7(9)4-12/h5-7H,2-4,9H2,1H3. The van der Waals surface area contributed by atoms with Gasteiger partial charge in [0, 0.05) is 32.4 Å². The van der Waals surface area contributed by atoms with E-state index in [4.69, 9.17) is 5.73 Å². The molecule has 66 valence electrons. The van der Waals surface area contributed by atoms with E-state index in [2.05, 4.69) is 9.88 Å². The molecule has 0 saturated carbocycles. The third-order valence-electron chi connectivity index (χ3n) is 2.24. The Morgan fingerprint density at radius 2 is 2.50 bits per heavy atom. The summed E-state index contributed by atoms with van der Waals surface area (Å²) in [5, 5.41) is 0. The molecule has 0 radical (unpaired) electrons. The highest BCUT2D eigenvalue weighted by Crippen LogP contribution is 2.16. The number of anilines is 1. The molecule has 1 aliphatic heterocycles. The second-order valence-corrected chi connectivity index (χ2v) is 3.39. The van der Waals surface area contributed by atoms with Crippen molar-refractivity contribution >= 4 is 5.82 Å². The highest BCUT2D eigenvalue weighted by molar-refractivity contribution is 5.37. The lowest BCUT2D eigenvalue weighted by molar-refractivity contribution is 0.751. The average molecular weight is 166 g/mol. The summed E-state index contributed by atoms with van der Waals surface area (Å²) in [5.74, 6) is 1.05. The van der Waals surface area contributed by atoms with Crippen molar-refractivity contribution < 1.29 is 0 Å². The van der Waals surface area contributed by atoms with E-state index >= 15 is 0 Å². The van der Waals surface area contributed by atoms with Crippen molar-refractivity contribution in [1.29, 1.82) is 0 Å². The fourth-order valence-corrected chi connectivity index (χ4v) is 1.56. The molecule has 1 fully saturated rings. The number of nitrogens with zero attached hydrogens (tertiary/aromatic N) is 3. The van der Waals surface area contributed by atoms with Crippen LogP contribution in [0.15, 0.2) is 12.5 Å². The molecule has 2 N–H and O–H groups in total. The molecule has 1 aromatic rings. The lowest BCUT2D eigenvalue weighted by atomic mass is 10.3. The van der Waals surface area contributed by atoms with E-state index in [1.165, 1.54) is 0 Å². The van der Waals surface area contributed by atoms with Crippen LogP contribution in [0.1, 0.15) is 6.42 Å². The van der Waals surface area contributed by atoms with Crippen molar-refractivity contribution in [2.75, 3.05) is 18.0 Å². The Kier molecular flexibility index (Phi) is 1.77. The summed E-state index contributed by atoms with van der Waals surface area (Å²) in [6.45, 7) is 1.98. The minimum atomic E-state index is 0.326. The van der Waals surface area contributed by atoms with Gasteiger partial charge in [0.05, 0.1) is 6.33 Å². The molecule has 4 heteroatoms. The minimum absolute atomic E-state index is 0.326. The number of imidazole rings is 1. The predicted molar refractivity (Wildman–Crippen MR) is 48.0 cm³/mol. The molecule has 4 nitrogen and oxygen atoms in total. The van der Waals surface area contributed by atoms with E-state index in [0.29, 0.717) is 6.04 Å². The molecule has 0 aromatic carbocycles. The molecule has 1 aromatic heterocycles. The number of rotatable bonds is 1. The van der Waals surface area contributed by atoms with Crippen LogP contribution >= 0.6 is 0 Å². The molecule has 0 bridgehead atoms. The summed E-state index contributed by atoms with van der Waals surface area (Å²) in [7, 11) is 1.98. The fourth-order valence-electron chi connectivity index (χ4n) is 1.56. The van der Waals surface area contributed by atoms with Crippen LogP contribution in [0.3, 0.4) is 0 Å². The van der Waals surface area contributed by atoms with E-state index in [1.807, 2.05) is 24.1 Å². The van der Waals surface area contributed by atoms with E-state index < -0.39 is 0 Å². The van der Waals surface area contributed by atoms with Crippen molar-refractivity contribution in [1.82, 2.24) is 9.55 Å². The zero-order valence-electron chi connectivity index (χ0n) is 7.27. The topological polar surface area (TPSA) is 47.1 Å². The van der Waals surface area contributed by atoms with Gasteiger partial charge in [-0.3, -0.25) is 0 Å². The number of aryl methyl sites for hydroxylation is 1. The number of hydrogen-bond acceptors (Lipinski definition) is 3. The van der Waals surface area contributed by atoms with Crippen LogP contribution in [0.2, 0.25) is 0 Å². The summed E-state index contributed by atoms with van der Waals surface area (Å²) < 4.78 is 1.96. The SMILES string of the molecule is Cn1cnc(N2CCC(N)C2)c1. The Balaban J connectivity index is 2.11. The van der Waals surface area contributed by atoms with Gasteiger partial charge in [-0.25, -0.2) is 4.98 Å². The van der Waals surface area contributed by atoms with E-state index in [9.17, 15) is 0 Å². The van der Waals surface area contributed by atoms with Crippen molar-refractivity contribution in [3.05, 3.63) is 12.5 Å². The van der Waals surface area contributed by atoms with Crippen molar-refractivity contribution in [2.24, 2.45) is 12.8 Å². The lowest BCUT2D eigenvalue weighted by Gasteiger charge is -2.13. The van der Waals surface area contributed by atoms with Crippen molar-refractivity contribution in [3.63, 3.8) is 0 Å². The molecule has 1 aliphatic rings. The van der Waals surface area contributed by atoms with Crippen LogP contribution in [-0.2, 0) is 7.05 Å². The van der Waals surface area contributed by atoms with Crippen LogP contribution in [0.25, 0.3) is 0 Å². The Labute approximate surface area is 72.0 Å². The Morgan fingerprint density at radius 3 is 3.00 bits per heavy atom. The maximum absolute atomic E-state index is 5.79. The minimum Gasteiger partial charge on any atom is -0.354 e. The van der Waals surface area contributed by atoms with E-state index in [-0.39, 0.29) is 0 Å². The van der Waals surface area contributed by atoms with Crippen LogP contribution in [0.5, 0.6) is 0 Å². The average Bonchev–Trinajstić information content (AvgIpc) is 2.58. The third-order valence-corrected chi connectivity index (χ3v) is 2.24. The second-order valence-electron chi connectivity index (χ2n) is 3.39. The van der Waals surface area contributed by atoms with Gasteiger partial charge >= 0.3 is 0 Å². The molecule has 0 aliphatic carbocycles. The first-order valence-corrected chi connectivity index (χ1v) is 4.24. The maximum atomic E-state index is 5.79. The molecule has 2 heterocycles. The molecule has 1 unspecified atom stereocenters. The maximum Gasteiger partial charge on any atom is 0.146 e. The van der Waals surface area contributed by atoms with Gasteiger partial charge in [0.25, 0.3) is 0 Å². The predicted octanol–water partition coefficient (Wildman–Crippen LogP) is -0.0425. The van der Waals surface area contributed by atoms with Crippen LogP contribution in [0, 0.1) is 0 Å². The lowest BCUT2D eigenvalue weighted by Crippen LogP contribution is -2.26. The summed E-state index contributed by atoms with van der Waals surface area (Å²) in [6, 6.07) is 0.326. The van der Waals surface area contributed by atoms with E-state index in [1.54, 1.807) is 0 Å². The summed E-state index contributed by atoms with van der Waals surface area (Å²) in [4.78, 5) is 6.49. The molecule has 0 amide bonds. The van der Waals surface area contributed by atoms with Gasteiger partial charge in [-0.1, -0.05) is 0 Å². The fraction of sp³-hybridized carbons (Fsp3) is 0.625. The molecule has 1 atom stereocenters. The van der Waals surface area contributed by atoms with Gasteiger partial charge in [-0.2, -0.15) is 0 Å². The zero-order chi connectivity index (χ0) is 8.55. The summed E-state index contributed by atoms with van der Waals surface area (Å²) in [5.41, 5.74) is 5.79. The van der Waals surface area contributed by atoms with Crippen molar-refractivity contribution in [2.45, 2.75) is 12.5 Å². The van der Waals surface area contributed by atoms with Gasteiger partial charge in [-0.15, -0.1) is 0 Å². The highest BCUT2D eigenvalue weighted by Gasteiger charge is 2.20. The van der Waals surface area contributed by atoms with Crippen LogP contribution < -0.4 is 10.6 Å².